The molecule has 232 valence electrons. The van der Waals surface area contributed by atoms with Crippen molar-refractivity contribution in [3.05, 3.63) is 29.3 Å². The van der Waals surface area contributed by atoms with Crippen LogP contribution in [0.1, 0.15) is 33.6 Å². The predicted octanol–water partition coefficient (Wildman–Crippen LogP) is -1.38. The minimum absolute atomic E-state index is 0.0171. The summed E-state index contributed by atoms with van der Waals surface area (Å²) in [6.45, 7) is 4.60. The number of carbonyl (C=O) groups excluding carboxylic acids is 5. The van der Waals surface area contributed by atoms with Crippen LogP contribution < -0.4 is 21.1 Å². The van der Waals surface area contributed by atoms with Gasteiger partial charge in [-0.05, 0) is 18.6 Å². The molecule has 1 aromatic rings. The van der Waals surface area contributed by atoms with Gasteiger partial charge in [0.1, 0.15) is 11.8 Å². The molecule has 1 atom stereocenters. The monoisotopic (exact) mass is 594 g/mol. The molecule has 0 spiro atoms. The highest BCUT2D eigenvalue weighted by Crippen LogP contribution is 2.33. The summed E-state index contributed by atoms with van der Waals surface area (Å²) in [6, 6.07) is 3.34. The van der Waals surface area contributed by atoms with Crippen molar-refractivity contribution < 1.29 is 52.4 Å². The van der Waals surface area contributed by atoms with Gasteiger partial charge >= 0.3 is 0 Å². The fourth-order valence-corrected chi connectivity index (χ4v) is 4.13. The number of amides is 5. The van der Waals surface area contributed by atoms with E-state index in [0.29, 0.717) is 66.0 Å². The summed E-state index contributed by atoms with van der Waals surface area (Å²) in [5.74, 6) is -2.93. The van der Waals surface area contributed by atoms with E-state index in [0.717, 1.165) is 4.90 Å². The van der Waals surface area contributed by atoms with Gasteiger partial charge in [-0.3, -0.25) is 34.2 Å². The van der Waals surface area contributed by atoms with Crippen LogP contribution in [0.4, 0.5) is 0 Å². The highest BCUT2D eigenvalue weighted by Gasteiger charge is 2.46. The van der Waals surface area contributed by atoms with E-state index in [9.17, 15) is 24.0 Å². The largest absolute Gasteiger partial charge is 0.483 e. The minimum Gasteiger partial charge on any atom is -0.483 e. The van der Waals surface area contributed by atoms with Crippen LogP contribution in [-0.2, 0) is 38.1 Å². The Kier molecular flexibility index (Phi) is 14.3. The second-order valence-electron chi connectivity index (χ2n) is 9.12. The second-order valence-corrected chi connectivity index (χ2v) is 9.12. The molecule has 0 saturated carbocycles. The Labute approximate surface area is 243 Å². The Balaban J connectivity index is 1.24. The Morgan fingerprint density at radius 2 is 1.45 bits per heavy atom. The summed E-state index contributed by atoms with van der Waals surface area (Å²) in [6.07, 6.45) is 0.0595. The topological polar surface area (TPSA) is 194 Å². The van der Waals surface area contributed by atoms with Gasteiger partial charge in [-0.15, -0.1) is 0 Å². The lowest BCUT2D eigenvalue weighted by Gasteiger charge is -2.27. The number of nitrogens with one attached hydrogen (secondary N) is 2. The maximum atomic E-state index is 13.1. The highest BCUT2D eigenvalue weighted by molar-refractivity contribution is 6.24. The molecule has 42 heavy (non-hydrogen) atoms. The quantitative estimate of drug-likeness (QED) is 0.112. The smallest absolute Gasteiger partial charge is 0.266 e. The van der Waals surface area contributed by atoms with E-state index in [2.05, 4.69) is 10.6 Å². The summed E-state index contributed by atoms with van der Waals surface area (Å²) in [7, 11) is 0. The molecule has 1 fully saturated rings. The molecule has 1 saturated heterocycles. The summed E-state index contributed by atoms with van der Waals surface area (Å²) in [5, 5.41) is 4.78. The molecule has 1 unspecified atom stereocenters. The standard InChI is InChI=1S/C27H38N4O11/c28-6-8-37-10-12-39-14-16-41-17-15-40-13-11-38-9-7-29-23(33)18-42-21-3-1-2-19-24(21)27(36)31(26(19)35)20-4-5-22(32)30-25(20)34/h1-3,20H,4-18,28H2,(H,29,33)(H,30,32,34). The number of nitrogens with two attached hydrogens (primary N) is 1. The number of benzene rings is 1. The van der Waals surface area contributed by atoms with Gasteiger partial charge in [-0.2, -0.15) is 0 Å². The first kappa shape index (κ1) is 33.0. The molecule has 2 aliphatic heterocycles. The van der Waals surface area contributed by atoms with Crippen molar-refractivity contribution in [3.63, 3.8) is 0 Å². The highest BCUT2D eigenvalue weighted by atomic mass is 16.6. The molecule has 5 amide bonds. The van der Waals surface area contributed by atoms with Gasteiger partial charge in [-0.25, -0.2) is 0 Å². The number of fused-ring (bicyclic) bond motifs is 1. The molecule has 15 nitrogen and oxygen atoms in total. The van der Waals surface area contributed by atoms with Crippen LogP contribution in [0.3, 0.4) is 0 Å². The average Bonchev–Trinajstić information content (AvgIpc) is 3.23. The lowest BCUT2D eigenvalue weighted by Crippen LogP contribution is -2.54. The fourth-order valence-electron chi connectivity index (χ4n) is 4.13. The van der Waals surface area contributed by atoms with E-state index in [1.807, 2.05) is 0 Å². The van der Waals surface area contributed by atoms with E-state index in [4.69, 9.17) is 34.2 Å². The van der Waals surface area contributed by atoms with Gasteiger partial charge in [0.15, 0.2) is 6.61 Å². The molecule has 4 N–H and O–H groups in total. The van der Waals surface area contributed by atoms with Crippen LogP contribution in [0.5, 0.6) is 5.75 Å². The van der Waals surface area contributed by atoms with E-state index in [1.165, 1.54) is 18.2 Å². The first-order chi connectivity index (χ1) is 20.4. The second kappa shape index (κ2) is 18.1. The van der Waals surface area contributed by atoms with Crippen molar-refractivity contribution >= 4 is 29.5 Å². The van der Waals surface area contributed by atoms with Crippen LogP contribution in [-0.4, -0.2) is 126 Å². The van der Waals surface area contributed by atoms with Crippen molar-refractivity contribution in [2.45, 2.75) is 18.9 Å². The normalized spacial score (nSPS) is 16.5. The van der Waals surface area contributed by atoms with E-state index < -0.39 is 42.2 Å². The van der Waals surface area contributed by atoms with E-state index >= 15 is 0 Å². The molecule has 1 aromatic carbocycles. The zero-order chi connectivity index (χ0) is 30.2. The number of carbonyl (C=O) groups is 5. The van der Waals surface area contributed by atoms with Crippen LogP contribution in [0.25, 0.3) is 0 Å². The molecule has 3 rings (SSSR count). The maximum absolute atomic E-state index is 13.1. The lowest BCUT2D eigenvalue weighted by atomic mass is 10.0. The van der Waals surface area contributed by atoms with Gasteiger partial charge in [0.2, 0.25) is 11.8 Å². The van der Waals surface area contributed by atoms with Crippen LogP contribution in [0.2, 0.25) is 0 Å². The zero-order valence-electron chi connectivity index (χ0n) is 23.4. The molecule has 0 radical (unpaired) electrons. The van der Waals surface area contributed by atoms with E-state index in [-0.39, 0.29) is 42.9 Å². The summed E-state index contributed by atoms with van der Waals surface area (Å²) < 4.78 is 32.3. The molecular formula is C27H38N4O11. The number of hydrogen-bond acceptors (Lipinski definition) is 12. The number of hydrogen-bond donors (Lipinski definition) is 3. The van der Waals surface area contributed by atoms with Gasteiger partial charge in [0.05, 0.1) is 77.2 Å². The zero-order valence-corrected chi connectivity index (χ0v) is 23.4. The van der Waals surface area contributed by atoms with Gasteiger partial charge in [-0.1, -0.05) is 6.07 Å². The number of rotatable bonds is 21. The minimum atomic E-state index is -1.09. The molecule has 0 aromatic heterocycles. The number of ether oxygens (including phenoxy) is 6. The van der Waals surface area contributed by atoms with Crippen molar-refractivity contribution in [2.24, 2.45) is 5.73 Å². The summed E-state index contributed by atoms with van der Waals surface area (Å²) in [5.41, 5.74) is 5.36. The fraction of sp³-hybridized carbons (Fsp3) is 0.593. The summed E-state index contributed by atoms with van der Waals surface area (Å²) in [4.78, 5) is 62.7. The van der Waals surface area contributed by atoms with Crippen molar-refractivity contribution in [2.75, 3.05) is 85.8 Å². The number of piperidine rings is 1. The first-order valence-electron chi connectivity index (χ1n) is 13.8. The summed E-state index contributed by atoms with van der Waals surface area (Å²) >= 11 is 0. The Morgan fingerprint density at radius 3 is 2.05 bits per heavy atom. The lowest BCUT2D eigenvalue weighted by molar-refractivity contribution is -0.136. The Bertz CT molecular complexity index is 1080. The first-order valence-corrected chi connectivity index (χ1v) is 13.8. The Morgan fingerprint density at radius 1 is 0.857 bits per heavy atom. The SMILES string of the molecule is NCCOCCOCCOCCOCCOCCNC(=O)COc1cccc2c1C(=O)N(C1CCC(=O)NC1=O)C2=O. The molecule has 2 heterocycles. The molecule has 0 aliphatic carbocycles. The molecule has 15 heteroatoms. The van der Waals surface area contributed by atoms with Gasteiger partial charge in [0.25, 0.3) is 17.7 Å². The Hall–Kier alpha value is -3.47. The van der Waals surface area contributed by atoms with Crippen LogP contribution >= 0.6 is 0 Å². The van der Waals surface area contributed by atoms with E-state index in [1.54, 1.807) is 0 Å². The number of imide groups is 2. The van der Waals surface area contributed by atoms with Crippen molar-refractivity contribution in [1.29, 1.82) is 0 Å². The molecular weight excluding hydrogens is 556 g/mol. The van der Waals surface area contributed by atoms with Crippen LogP contribution in [0.15, 0.2) is 18.2 Å². The van der Waals surface area contributed by atoms with Crippen LogP contribution in [0, 0.1) is 0 Å². The third-order valence-electron chi connectivity index (χ3n) is 6.11. The van der Waals surface area contributed by atoms with Crippen molar-refractivity contribution in [1.82, 2.24) is 15.5 Å². The number of nitrogens with zero attached hydrogens (tertiary/aromatic N) is 1. The maximum Gasteiger partial charge on any atom is 0.266 e. The molecule has 2 aliphatic rings. The third kappa shape index (κ3) is 10.1. The van der Waals surface area contributed by atoms with Crippen molar-refractivity contribution in [3.8, 4) is 5.75 Å². The van der Waals surface area contributed by atoms with Gasteiger partial charge in [0, 0.05) is 19.5 Å². The van der Waals surface area contributed by atoms with Gasteiger partial charge < -0.3 is 39.5 Å². The average molecular weight is 595 g/mol. The predicted molar refractivity (Wildman–Crippen MR) is 145 cm³/mol. The third-order valence-corrected chi connectivity index (χ3v) is 6.11. The molecule has 0 bridgehead atoms.